The molecule has 214 valence electrons. The number of aryl methyl sites for hydroxylation is 1. The molecule has 41 heavy (non-hydrogen) atoms. The number of likely N-dealkylation sites (N-methyl/N-ethyl adjacent to an activating group) is 1. The maximum Gasteiger partial charge on any atom is 0.338 e. The molecule has 1 aromatic heterocycles. The minimum atomic E-state index is -0.558. The van der Waals surface area contributed by atoms with E-state index in [9.17, 15) is 14.4 Å². The van der Waals surface area contributed by atoms with Crippen LogP contribution in [0.1, 0.15) is 48.6 Å². The predicted molar refractivity (Wildman–Crippen MR) is 162 cm³/mol. The number of aromatic nitrogens is 2. The monoisotopic (exact) mass is 555 g/mol. The van der Waals surface area contributed by atoms with Crippen molar-refractivity contribution in [3.8, 4) is 5.69 Å². The summed E-state index contributed by atoms with van der Waals surface area (Å²) in [4.78, 5) is 48.2. The topological polar surface area (TPSA) is 96.8 Å². The highest BCUT2D eigenvalue weighted by molar-refractivity contribution is 5.92. The molecule has 0 radical (unpaired) electrons. The van der Waals surface area contributed by atoms with Crippen LogP contribution in [-0.2, 0) is 11.2 Å². The Morgan fingerprint density at radius 2 is 1.63 bits per heavy atom. The van der Waals surface area contributed by atoms with Crippen LogP contribution in [0.15, 0.2) is 77.6 Å². The standard InChI is InChI=1S/C32H37N5O4/c1-6-23-12-18-26(19-13-23)37-29(34-28-11-9-8-10-27(28)30(37)38)22(3)36(21-20-35(4)5)32(40)33-25-16-14-24(15-17-25)31(39)41-7-2/h8-19,22H,6-7,20-21H2,1-5H3,(H,33,40). The second-order valence-electron chi connectivity index (χ2n) is 10.0. The second kappa shape index (κ2) is 13.2. The number of amides is 2. The third kappa shape index (κ3) is 6.81. The number of rotatable bonds is 10. The average Bonchev–Trinajstić information content (AvgIpc) is 2.97. The number of fused-ring (bicyclic) bond motifs is 1. The molecule has 0 bridgehead atoms. The summed E-state index contributed by atoms with van der Waals surface area (Å²) in [6, 6.07) is 20.7. The molecule has 0 saturated heterocycles. The lowest BCUT2D eigenvalue weighted by atomic mass is 10.1. The molecule has 9 heteroatoms. The summed E-state index contributed by atoms with van der Waals surface area (Å²) in [5.74, 6) is 0.0449. The smallest absolute Gasteiger partial charge is 0.338 e. The number of benzene rings is 3. The van der Waals surface area contributed by atoms with Crippen LogP contribution in [0, 0.1) is 0 Å². The predicted octanol–water partition coefficient (Wildman–Crippen LogP) is 5.28. The Morgan fingerprint density at radius 1 is 0.951 bits per heavy atom. The summed E-state index contributed by atoms with van der Waals surface area (Å²) in [5, 5.41) is 3.45. The number of nitrogens with zero attached hydrogens (tertiary/aromatic N) is 4. The maximum atomic E-state index is 13.8. The number of urea groups is 1. The molecule has 0 spiro atoms. The van der Waals surface area contributed by atoms with E-state index in [1.165, 1.54) is 0 Å². The number of ether oxygens (including phenoxy) is 1. The van der Waals surface area contributed by atoms with Gasteiger partial charge < -0.3 is 19.9 Å². The first-order valence-corrected chi connectivity index (χ1v) is 13.8. The zero-order chi connectivity index (χ0) is 29.5. The van der Waals surface area contributed by atoms with Gasteiger partial charge >= 0.3 is 12.0 Å². The lowest BCUT2D eigenvalue weighted by molar-refractivity contribution is 0.0526. The van der Waals surface area contributed by atoms with Gasteiger partial charge in [-0.2, -0.15) is 0 Å². The first-order chi connectivity index (χ1) is 19.7. The van der Waals surface area contributed by atoms with Crippen LogP contribution < -0.4 is 10.9 Å². The van der Waals surface area contributed by atoms with Gasteiger partial charge in [0, 0.05) is 18.8 Å². The summed E-state index contributed by atoms with van der Waals surface area (Å²) in [6.07, 6.45) is 0.883. The van der Waals surface area contributed by atoms with Crippen molar-refractivity contribution in [1.82, 2.24) is 19.4 Å². The van der Waals surface area contributed by atoms with Crippen molar-refractivity contribution in [2.75, 3.05) is 39.1 Å². The molecule has 0 saturated carbocycles. The van der Waals surface area contributed by atoms with Gasteiger partial charge in [-0.25, -0.2) is 14.6 Å². The molecular formula is C32H37N5O4. The van der Waals surface area contributed by atoms with Crippen molar-refractivity contribution in [3.63, 3.8) is 0 Å². The molecule has 0 aliphatic carbocycles. The van der Waals surface area contributed by atoms with Crippen LogP contribution in [0.4, 0.5) is 10.5 Å². The van der Waals surface area contributed by atoms with E-state index in [1.807, 2.05) is 68.4 Å². The number of carbonyl (C=O) groups is 2. The summed E-state index contributed by atoms with van der Waals surface area (Å²) in [6.45, 7) is 6.98. The molecule has 4 rings (SSSR count). The van der Waals surface area contributed by atoms with Crippen molar-refractivity contribution in [2.24, 2.45) is 0 Å². The fourth-order valence-electron chi connectivity index (χ4n) is 4.58. The van der Waals surface area contributed by atoms with Gasteiger partial charge in [0.25, 0.3) is 5.56 Å². The van der Waals surface area contributed by atoms with Gasteiger partial charge in [0.15, 0.2) is 0 Å². The Bertz CT molecular complexity index is 1560. The number of anilines is 1. The van der Waals surface area contributed by atoms with Crippen LogP contribution in [0.5, 0.6) is 0 Å². The first-order valence-electron chi connectivity index (χ1n) is 13.8. The van der Waals surface area contributed by atoms with E-state index < -0.39 is 12.0 Å². The van der Waals surface area contributed by atoms with E-state index in [2.05, 4.69) is 12.2 Å². The highest BCUT2D eigenvalue weighted by Gasteiger charge is 2.27. The number of esters is 1. The van der Waals surface area contributed by atoms with Crippen molar-refractivity contribution in [3.05, 3.63) is 100 Å². The summed E-state index contributed by atoms with van der Waals surface area (Å²) in [7, 11) is 3.88. The van der Waals surface area contributed by atoms with E-state index in [1.54, 1.807) is 46.7 Å². The molecule has 2 amide bonds. The molecule has 1 N–H and O–H groups in total. The van der Waals surface area contributed by atoms with Crippen molar-refractivity contribution >= 4 is 28.6 Å². The number of para-hydroxylation sites is 1. The van der Waals surface area contributed by atoms with E-state index in [0.29, 0.717) is 46.8 Å². The molecule has 1 heterocycles. The quantitative estimate of drug-likeness (QED) is 0.268. The molecule has 1 unspecified atom stereocenters. The largest absolute Gasteiger partial charge is 0.462 e. The molecule has 0 fully saturated rings. The van der Waals surface area contributed by atoms with Gasteiger partial charge in [-0.1, -0.05) is 31.2 Å². The van der Waals surface area contributed by atoms with Crippen LogP contribution in [-0.4, -0.2) is 65.1 Å². The zero-order valence-electron chi connectivity index (χ0n) is 24.3. The van der Waals surface area contributed by atoms with Crippen LogP contribution in [0.25, 0.3) is 16.6 Å². The average molecular weight is 556 g/mol. The number of carbonyl (C=O) groups excluding carboxylic acids is 2. The second-order valence-corrected chi connectivity index (χ2v) is 10.0. The minimum Gasteiger partial charge on any atom is -0.462 e. The number of hydrogen-bond donors (Lipinski definition) is 1. The minimum absolute atomic E-state index is 0.191. The van der Waals surface area contributed by atoms with Crippen LogP contribution in [0.3, 0.4) is 0 Å². The summed E-state index contributed by atoms with van der Waals surface area (Å²) < 4.78 is 6.66. The molecule has 0 aliphatic heterocycles. The van der Waals surface area contributed by atoms with Crippen molar-refractivity contribution in [2.45, 2.75) is 33.2 Å². The molecule has 3 aromatic carbocycles. The highest BCUT2D eigenvalue weighted by atomic mass is 16.5. The van der Waals surface area contributed by atoms with Gasteiger partial charge in [0.1, 0.15) is 5.82 Å². The molecule has 1 atom stereocenters. The first kappa shape index (κ1) is 29.5. The summed E-state index contributed by atoms with van der Waals surface area (Å²) >= 11 is 0. The Kier molecular flexibility index (Phi) is 9.52. The van der Waals surface area contributed by atoms with Gasteiger partial charge in [0.05, 0.1) is 34.8 Å². The third-order valence-electron chi connectivity index (χ3n) is 6.94. The van der Waals surface area contributed by atoms with Gasteiger partial charge in [-0.3, -0.25) is 9.36 Å². The van der Waals surface area contributed by atoms with Gasteiger partial charge in [0.2, 0.25) is 0 Å². The van der Waals surface area contributed by atoms with E-state index in [-0.39, 0.29) is 18.2 Å². The summed E-state index contributed by atoms with van der Waals surface area (Å²) in [5.41, 5.74) is 3.17. The maximum absolute atomic E-state index is 13.8. The van der Waals surface area contributed by atoms with Crippen LogP contribution in [0.2, 0.25) is 0 Å². The Balaban J connectivity index is 1.74. The lowest BCUT2D eigenvalue weighted by Crippen LogP contribution is -2.43. The molecule has 4 aromatic rings. The van der Waals surface area contributed by atoms with E-state index >= 15 is 0 Å². The zero-order valence-corrected chi connectivity index (χ0v) is 24.3. The van der Waals surface area contributed by atoms with E-state index in [4.69, 9.17) is 9.72 Å². The SMILES string of the molecule is CCOC(=O)c1ccc(NC(=O)N(CCN(C)C)C(C)c2nc3ccccc3c(=O)n2-c2ccc(CC)cc2)cc1. The molecule has 9 nitrogen and oxygen atoms in total. The fourth-order valence-corrected chi connectivity index (χ4v) is 4.58. The fraction of sp³-hybridized carbons (Fsp3) is 0.312. The van der Waals surface area contributed by atoms with E-state index in [0.717, 1.165) is 12.0 Å². The number of nitrogens with one attached hydrogen (secondary N) is 1. The van der Waals surface area contributed by atoms with Gasteiger partial charge in [-0.15, -0.1) is 0 Å². The van der Waals surface area contributed by atoms with Crippen molar-refractivity contribution in [1.29, 1.82) is 0 Å². The lowest BCUT2D eigenvalue weighted by Gasteiger charge is -2.31. The molecule has 0 aliphatic rings. The molecular weight excluding hydrogens is 518 g/mol. The van der Waals surface area contributed by atoms with Crippen LogP contribution >= 0.6 is 0 Å². The Hall–Kier alpha value is -4.50. The Labute approximate surface area is 240 Å². The van der Waals surface area contributed by atoms with Gasteiger partial charge in [-0.05, 0) is 88.5 Å². The Morgan fingerprint density at radius 3 is 2.27 bits per heavy atom. The third-order valence-corrected chi connectivity index (χ3v) is 6.94. The normalized spacial score (nSPS) is 11.9. The van der Waals surface area contributed by atoms with Crippen molar-refractivity contribution < 1.29 is 14.3 Å². The number of hydrogen-bond acceptors (Lipinski definition) is 6. The highest BCUT2D eigenvalue weighted by Crippen LogP contribution is 2.24.